The molecule has 0 spiro atoms. The Morgan fingerprint density at radius 1 is 1.03 bits per heavy atom. The predicted molar refractivity (Wildman–Crippen MR) is 115 cm³/mol. The van der Waals surface area contributed by atoms with Gasteiger partial charge in [0.15, 0.2) is 0 Å². The Kier molecular flexibility index (Phi) is 6.29. The first-order valence-electron chi connectivity index (χ1n) is 10.1. The van der Waals surface area contributed by atoms with Gasteiger partial charge in [-0.15, -0.1) is 11.3 Å². The maximum atomic E-state index is 13.0. The van der Waals surface area contributed by atoms with Crippen molar-refractivity contribution in [2.45, 2.75) is 48.6 Å². The molecule has 2 aromatic rings. The first-order chi connectivity index (χ1) is 14.3. The Hall–Kier alpha value is -1.37. The largest absolute Gasteiger partial charge is 0.295 e. The van der Waals surface area contributed by atoms with Crippen LogP contribution in [0.3, 0.4) is 0 Å². The zero-order valence-electron chi connectivity index (χ0n) is 16.8. The van der Waals surface area contributed by atoms with E-state index in [1.54, 1.807) is 11.3 Å². The first-order valence-corrected chi connectivity index (χ1v) is 13.9. The summed E-state index contributed by atoms with van der Waals surface area (Å²) in [5.74, 6) is 0. The molecule has 2 fully saturated rings. The van der Waals surface area contributed by atoms with Crippen LogP contribution in [0.2, 0.25) is 0 Å². The standard InChI is InChI=1S/C19H26N4O4S3/c1-2-19-20-16(14-28-19)13-22-9-11-23(12-10-22)30(26,27)18-7-5-17(6-8-18)29(24,25)21-15-3-4-15/h5-8,14-15,21H,2-4,9-13H2,1H3. The third-order valence-corrected chi connectivity index (χ3v) is 9.78. The molecule has 1 saturated carbocycles. The van der Waals surface area contributed by atoms with Gasteiger partial charge in [-0.1, -0.05) is 6.92 Å². The van der Waals surface area contributed by atoms with Crippen molar-refractivity contribution in [1.82, 2.24) is 18.9 Å². The van der Waals surface area contributed by atoms with E-state index in [2.05, 4.69) is 26.9 Å². The van der Waals surface area contributed by atoms with E-state index in [-0.39, 0.29) is 15.8 Å². The van der Waals surface area contributed by atoms with Gasteiger partial charge in [0.1, 0.15) is 0 Å². The third-order valence-electron chi connectivity index (χ3n) is 5.29. The lowest BCUT2D eigenvalue weighted by atomic mass is 10.3. The molecule has 8 nitrogen and oxygen atoms in total. The van der Waals surface area contributed by atoms with E-state index in [4.69, 9.17) is 0 Å². The Bertz CT molecular complexity index is 1090. The van der Waals surface area contributed by atoms with E-state index < -0.39 is 20.0 Å². The second-order valence-electron chi connectivity index (χ2n) is 7.63. The molecule has 4 rings (SSSR count). The van der Waals surface area contributed by atoms with Crippen LogP contribution in [-0.4, -0.2) is 63.2 Å². The number of nitrogens with zero attached hydrogens (tertiary/aromatic N) is 3. The van der Waals surface area contributed by atoms with E-state index >= 15 is 0 Å². The van der Waals surface area contributed by atoms with Crippen molar-refractivity contribution in [2.24, 2.45) is 0 Å². The lowest BCUT2D eigenvalue weighted by Crippen LogP contribution is -2.48. The van der Waals surface area contributed by atoms with Gasteiger partial charge < -0.3 is 0 Å². The molecule has 1 aromatic heterocycles. The lowest BCUT2D eigenvalue weighted by molar-refractivity contribution is 0.180. The van der Waals surface area contributed by atoms with Gasteiger partial charge in [0.25, 0.3) is 0 Å². The van der Waals surface area contributed by atoms with Crippen LogP contribution >= 0.6 is 11.3 Å². The number of aryl methyl sites for hydroxylation is 1. The molecular weight excluding hydrogens is 444 g/mol. The average molecular weight is 471 g/mol. The number of nitrogens with one attached hydrogen (secondary N) is 1. The summed E-state index contributed by atoms with van der Waals surface area (Å²) in [5, 5.41) is 3.18. The number of rotatable bonds is 8. The average Bonchev–Trinajstić information content (AvgIpc) is 3.42. The monoisotopic (exact) mass is 470 g/mol. The first kappa shape index (κ1) is 21.8. The fraction of sp³-hybridized carbons (Fsp3) is 0.526. The summed E-state index contributed by atoms with van der Waals surface area (Å²) in [5.41, 5.74) is 1.03. The molecular formula is C19H26N4O4S3. The number of benzene rings is 1. The molecule has 1 aliphatic heterocycles. The van der Waals surface area contributed by atoms with Crippen molar-refractivity contribution >= 4 is 31.4 Å². The molecule has 30 heavy (non-hydrogen) atoms. The van der Waals surface area contributed by atoms with E-state index in [1.807, 2.05) is 0 Å². The van der Waals surface area contributed by atoms with Gasteiger partial charge in [-0.2, -0.15) is 4.31 Å². The van der Waals surface area contributed by atoms with Gasteiger partial charge in [0, 0.05) is 44.1 Å². The van der Waals surface area contributed by atoms with Crippen molar-refractivity contribution in [2.75, 3.05) is 26.2 Å². The van der Waals surface area contributed by atoms with Gasteiger partial charge in [-0.05, 0) is 43.5 Å². The Morgan fingerprint density at radius 2 is 1.67 bits per heavy atom. The van der Waals surface area contributed by atoms with E-state index in [9.17, 15) is 16.8 Å². The lowest BCUT2D eigenvalue weighted by Gasteiger charge is -2.33. The molecule has 1 aromatic carbocycles. The number of thiazole rings is 1. The molecule has 1 N–H and O–H groups in total. The molecule has 0 radical (unpaired) electrons. The Labute approximate surface area is 182 Å². The summed E-state index contributed by atoms with van der Waals surface area (Å²) in [7, 11) is -7.24. The molecule has 1 saturated heterocycles. The van der Waals surface area contributed by atoms with Crippen LogP contribution in [0, 0.1) is 0 Å². The van der Waals surface area contributed by atoms with Crippen LogP contribution in [0.5, 0.6) is 0 Å². The number of aromatic nitrogens is 1. The van der Waals surface area contributed by atoms with Crippen molar-refractivity contribution in [3.8, 4) is 0 Å². The fourth-order valence-electron chi connectivity index (χ4n) is 3.37. The summed E-state index contributed by atoms with van der Waals surface area (Å²) in [6.45, 7) is 4.88. The minimum Gasteiger partial charge on any atom is -0.295 e. The summed E-state index contributed by atoms with van der Waals surface area (Å²) >= 11 is 1.66. The zero-order valence-corrected chi connectivity index (χ0v) is 19.3. The van der Waals surface area contributed by atoms with Gasteiger partial charge in [0.05, 0.1) is 20.5 Å². The molecule has 164 valence electrons. The maximum Gasteiger partial charge on any atom is 0.243 e. The van der Waals surface area contributed by atoms with Crippen molar-refractivity contribution in [3.05, 3.63) is 40.3 Å². The number of sulfonamides is 2. The van der Waals surface area contributed by atoms with Gasteiger partial charge in [-0.3, -0.25) is 4.90 Å². The SMILES string of the molecule is CCc1nc(CN2CCN(S(=O)(=O)c3ccc(S(=O)(=O)NC4CC4)cc3)CC2)cs1. The molecule has 11 heteroatoms. The van der Waals surface area contributed by atoms with Crippen LogP contribution in [0.1, 0.15) is 30.5 Å². The van der Waals surface area contributed by atoms with Crippen molar-refractivity contribution in [1.29, 1.82) is 0 Å². The van der Waals surface area contributed by atoms with Gasteiger partial charge in [0.2, 0.25) is 20.0 Å². The third kappa shape index (κ3) is 4.92. The van der Waals surface area contributed by atoms with Crippen LogP contribution in [-0.2, 0) is 33.0 Å². The zero-order chi connectivity index (χ0) is 21.4. The van der Waals surface area contributed by atoms with Crippen LogP contribution < -0.4 is 4.72 Å². The van der Waals surface area contributed by atoms with Crippen molar-refractivity contribution in [3.63, 3.8) is 0 Å². The van der Waals surface area contributed by atoms with Crippen molar-refractivity contribution < 1.29 is 16.8 Å². The van der Waals surface area contributed by atoms with Crippen LogP contribution in [0.4, 0.5) is 0 Å². The molecule has 2 aliphatic rings. The maximum absolute atomic E-state index is 13.0. The second-order valence-corrected chi connectivity index (χ2v) is 12.2. The topological polar surface area (TPSA) is 99.7 Å². The summed E-state index contributed by atoms with van der Waals surface area (Å²) in [4.78, 5) is 7.00. The highest BCUT2D eigenvalue weighted by Gasteiger charge is 2.30. The quantitative estimate of drug-likeness (QED) is 0.630. The van der Waals surface area contributed by atoms with E-state index in [0.717, 1.165) is 36.5 Å². The van der Waals surface area contributed by atoms with Gasteiger partial charge >= 0.3 is 0 Å². The summed E-state index contributed by atoms with van der Waals surface area (Å²) in [6, 6.07) is 5.49. The summed E-state index contributed by atoms with van der Waals surface area (Å²) < 4.78 is 54.6. The molecule has 2 heterocycles. The Morgan fingerprint density at radius 3 is 2.23 bits per heavy atom. The van der Waals surface area contributed by atoms with E-state index in [1.165, 1.54) is 28.6 Å². The highest BCUT2D eigenvalue weighted by molar-refractivity contribution is 7.89. The van der Waals surface area contributed by atoms with E-state index in [0.29, 0.717) is 26.2 Å². The van der Waals surface area contributed by atoms with Crippen LogP contribution in [0.25, 0.3) is 0 Å². The number of hydrogen-bond acceptors (Lipinski definition) is 7. The minimum absolute atomic E-state index is 0.00699. The highest BCUT2D eigenvalue weighted by Crippen LogP contribution is 2.24. The summed E-state index contributed by atoms with van der Waals surface area (Å²) in [6.07, 6.45) is 2.62. The van der Waals surface area contributed by atoms with Gasteiger partial charge in [-0.25, -0.2) is 26.5 Å². The Balaban J connectivity index is 1.38. The second kappa shape index (κ2) is 8.64. The fourth-order valence-corrected chi connectivity index (χ4v) is 6.83. The molecule has 0 bridgehead atoms. The number of hydrogen-bond donors (Lipinski definition) is 1. The molecule has 1 aliphatic carbocycles. The normalized spacial score (nSPS) is 19.2. The molecule has 0 atom stereocenters. The highest BCUT2D eigenvalue weighted by atomic mass is 32.2. The molecule has 0 unspecified atom stereocenters. The predicted octanol–water partition coefficient (Wildman–Crippen LogP) is 1.65. The minimum atomic E-state index is -3.65. The number of piperazine rings is 1. The smallest absolute Gasteiger partial charge is 0.243 e. The van der Waals surface area contributed by atoms with Crippen LogP contribution in [0.15, 0.2) is 39.4 Å². The molecule has 0 amide bonds.